The molecule has 20 heavy (non-hydrogen) atoms. The lowest BCUT2D eigenvalue weighted by Crippen LogP contribution is -2.21. The predicted molar refractivity (Wildman–Crippen MR) is 79.0 cm³/mol. The molecule has 0 atom stereocenters. The summed E-state index contributed by atoms with van der Waals surface area (Å²) in [5, 5.41) is 18.3. The van der Waals surface area contributed by atoms with Crippen LogP contribution in [0.25, 0.3) is 16.7 Å². The van der Waals surface area contributed by atoms with Crippen LogP contribution in [-0.2, 0) is 5.41 Å². The second-order valence-corrected chi connectivity index (χ2v) is 5.57. The third-order valence-corrected chi connectivity index (χ3v) is 3.56. The molecular weight excluding hydrogens is 250 g/mol. The molecular formula is C16H17N3O. The van der Waals surface area contributed by atoms with Gasteiger partial charge in [-0.15, -0.1) is 10.2 Å². The lowest BCUT2D eigenvalue weighted by Gasteiger charge is -2.22. The Morgan fingerprint density at radius 1 is 0.950 bits per heavy atom. The third-order valence-electron chi connectivity index (χ3n) is 3.56. The number of aromatic nitrogens is 3. The van der Waals surface area contributed by atoms with Gasteiger partial charge in [0.1, 0.15) is 11.0 Å². The van der Waals surface area contributed by atoms with Crippen molar-refractivity contribution in [2.24, 2.45) is 0 Å². The minimum absolute atomic E-state index is 0.121. The number of aliphatic hydroxyl groups excluding tert-OH is 1. The maximum absolute atomic E-state index is 9.40. The summed E-state index contributed by atoms with van der Waals surface area (Å²) in [4.78, 5) is 1.64. The average molecular weight is 267 g/mol. The van der Waals surface area contributed by atoms with Gasteiger partial charge in [0.2, 0.25) is 0 Å². The number of fused-ring (bicyclic) bond motifs is 1. The van der Waals surface area contributed by atoms with E-state index in [2.05, 4.69) is 10.2 Å². The zero-order chi connectivity index (χ0) is 14.2. The van der Waals surface area contributed by atoms with Gasteiger partial charge < -0.3 is 5.11 Å². The summed E-state index contributed by atoms with van der Waals surface area (Å²) in [6.45, 7) is 4.15. The maximum atomic E-state index is 9.40. The number of hydrogen-bond acceptors (Lipinski definition) is 3. The van der Waals surface area contributed by atoms with Crippen LogP contribution in [0.15, 0.2) is 48.5 Å². The first kappa shape index (κ1) is 12.8. The Morgan fingerprint density at radius 2 is 1.50 bits per heavy atom. The van der Waals surface area contributed by atoms with Gasteiger partial charge in [-0.25, -0.2) is 0 Å². The summed E-state index contributed by atoms with van der Waals surface area (Å²) in [5.74, 6) is 0. The molecule has 0 radical (unpaired) electrons. The summed E-state index contributed by atoms with van der Waals surface area (Å²) in [6.07, 6.45) is 0. The smallest absolute Gasteiger partial charge is 0.113 e. The summed E-state index contributed by atoms with van der Waals surface area (Å²) < 4.78 is 0. The fraction of sp³-hybridized carbons (Fsp3) is 0.250. The van der Waals surface area contributed by atoms with Crippen molar-refractivity contribution in [2.75, 3.05) is 6.61 Å². The molecule has 0 fully saturated rings. The lowest BCUT2D eigenvalue weighted by molar-refractivity contribution is 0.218. The number of aliphatic hydroxyl groups is 1. The fourth-order valence-electron chi connectivity index (χ4n) is 2.11. The van der Waals surface area contributed by atoms with Crippen molar-refractivity contribution in [3.63, 3.8) is 0 Å². The van der Waals surface area contributed by atoms with E-state index in [1.54, 1.807) is 4.80 Å². The van der Waals surface area contributed by atoms with Crippen LogP contribution in [-0.4, -0.2) is 26.7 Å². The van der Waals surface area contributed by atoms with E-state index in [0.29, 0.717) is 0 Å². The van der Waals surface area contributed by atoms with Crippen LogP contribution in [0.2, 0.25) is 0 Å². The van der Waals surface area contributed by atoms with Crippen molar-refractivity contribution >= 4 is 11.0 Å². The number of hydrogen-bond donors (Lipinski definition) is 1. The maximum Gasteiger partial charge on any atom is 0.113 e. The van der Waals surface area contributed by atoms with Crippen LogP contribution in [0.4, 0.5) is 0 Å². The van der Waals surface area contributed by atoms with Gasteiger partial charge in [0.05, 0.1) is 12.3 Å². The molecule has 0 amide bonds. The third kappa shape index (κ3) is 2.18. The van der Waals surface area contributed by atoms with Crippen LogP contribution in [0.5, 0.6) is 0 Å². The highest BCUT2D eigenvalue weighted by Gasteiger charge is 2.19. The van der Waals surface area contributed by atoms with Crippen LogP contribution in [0.3, 0.4) is 0 Å². The first-order valence-electron chi connectivity index (χ1n) is 6.64. The van der Waals surface area contributed by atoms with Crippen molar-refractivity contribution in [3.8, 4) is 5.69 Å². The molecule has 0 unspecified atom stereocenters. The van der Waals surface area contributed by atoms with E-state index in [4.69, 9.17) is 0 Å². The van der Waals surface area contributed by atoms with Gasteiger partial charge >= 0.3 is 0 Å². The number of benzene rings is 2. The first-order chi connectivity index (χ1) is 9.60. The topological polar surface area (TPSA) is 50.9 Å². The summed E-state index contributed by atoms with van der Waals surface area (Å²) in [6, 6.07) is 15.8. The van der Waals surface area contributed by atoms with Gasteiger partial charge in [0.15, 0.2) is 0 Å². The first-order valence-corrected chi connectivity index (χ1v) is 6.64. The van der Waals surface area contributed by atoms with Gasteiger partial charge in [0, 0.05) is 5.41 Å². The van der Waals surface area contributed by atoms with E-state index in [-0.39, 0.29) is 12.0 Å². The van der Waals surface area contributed by atoms with E-state index in [1.807, 2.05) is 62.4 Å². The van der Waals surface area contributed by atoms with Crippen molar-refractivity contribution in [1.29, 1.82) is 0 Å². The second-order valence-electron chi connectivity index (χ2n) is 5.57. The van der Waals surface area contributed by atoms with Crippen LogP contribution < -0.4 is 0 Å². The molecule has 0 saturated carbocycles. The molecule has 2 aromatic carbocycles. The molecule has 1 aromatic heterocycles. The average Bonchev–Trinajstić information content (AvgIpc) is 2.91. The van der Waals surface area contributed by atoms with Crippen LogP contribution >= 0.6 is 0 Å². The highest BCUT2D eigenvalue weighted by molar-refractivity contribution is 5.73. The van der Waals surface area contributed by atoms with Crippen molar-refractivity contribution in [3.05, 3.63) is 54.1 Å². The zero-order valence-electron chi connectivity index (χ0n) is 11.6. The summed E-state index contributed by atoms with van der Waals surface area (Å²) in [5.41, 5.74) is 3.54. The highest BCUT2D eigenvalue weighted by atomic mass is 16.3. The predicted octanol–water partition coefficient (Wildman–Crippen LogP) is 2.69. The van der Waals surface area contributed by atoms with E-state index >= 15 is 0 Å². The summed E-state index contributed by atoms with van der Waals surface area (Å²) >= 11 is 0. The Bertz CT molecular complexity index is 696. The molecule has 0 aliphatic rings. The van der Waals surface area contributed by atoms with E-state index in [0.717, 1.165) is 22.3 Å². The molecule has 0 aliphatic carbocycles. The Hall–Kier alpha value is -2.20. The molecule has 1 heterocycles. The fourth-order valence-corrected chi connectivity index (χ4v) is 2.11. The normalized spacial score (nSPS) is 11.9. The Kier molecular flexibility index (Phi) is 3.03. The van der Waals surface area contributed by atoms with E-state index in [9.17, 15) is 5.11 Å². The van der Waals surface area contributed by atoms with Gasteiger partial charge in [-0.05, 0) is 29.8 Å². The van der Waals surface area contributed by atoms with Gasteiger partial charge in [-0.2, -0.15) is 4.80 Å². The van der Waals surface area contributed by atoms with Crippen LogP contribution in [0, 0.1) is 0 Å². The van der Waals surface area contributed by atoms with Crippen molar-refractivity contribution in [1.82, 2.24) is 15.0 Å². The largest absolute Gasteiger partial charge is 0.395 e. The molecule has 0 saturated heterocycles. The minimum atomic E-state index is -0.235. The molecule has 1 N–H and O–H groups in total. The Balaban J connectivity index is 1.98. The molecule has 4 nitrogen and oxygen atoms in total. The lowest BCUT2D eigenvalue weighted by atomic mass is 9.86. The molecule has 102 valence electrons. The highest BCUT2D eigenvalue weighted by Crippen LogP contribution is 2.23. The molecule has 4 heteroatoms. The Labute approximate surface area is 117 Å². The van der Waals surface area contributed by atoms with E-state index < -0.39 is 0 Å². The van der Waals surface area contributed by atoms with E-state index in [1.165, 1.54) is 0 Å². The molecule has 0 bridgehead atoms. The SMILES string of the molecule is CC(C)(CO)c1ccc(-n2nc3ccccc3n2)cc1. The second kappa shape index (κ2) is 4.72. The van der Waals surface area contributed by atoms with Gasteiger partial charge in [-0.1, -0.05) is 38.1 Å². The quantitative estimate of drug-likeness (QED) is 0.793. The molecule has 0 spiro atoms. The molecule has 3 aromatic rings. The zero-order valence-corrected chi connectivity index (χ0v) is 11.6. The molecule has 3 rings (SSSR count). The number of nitrogens with zero attached hydrogens (tertiary/aromatic N) is 3. The van der Waals surface area contributed by atoms with Crippen molar-refractivity contribution < 1.29 is 5.11 Å². The number of rotatable bonds is 3. The monoisotopic (exact) mass is 267 g/mol. The molecule has 0 aliphatic heterocycles. The van der Waals surface area contributed by atoms with Gasteiger partial charge in [-0.3, -0.25) is 0 Å². The Morgan fingerprint density at radius 3 is 2.00 bits per heavy atom. The van der Waals surface area contributed by atoms with Crippen LogP contribution in [0.1, 0.15) is 19.4 Å². The van der Waals surface area contributed by atoms with Gasteiger partial charge in [0.25, 0.3) is 0 Å². The minimum Gasteiger partial charge on any atom is -0.395 e. The van der Waals surface area contributed by atoms with Crippen molar-refractivity contribution in [2.45, 2.75) is 19.3 Å². The standard InChI is InChI=1S/C16H17N3O/c1-16(2,11-20)12-7-9-13(10-8-12)19-17-14-5-3-4-6-15(14)18-19/h3-10,20H,11H2,1-2H3. The summed E-state index contributed by atoms with van der Waals surface area (Å²) in [7, 11) is 0.